The highest BCUT2D eigenvalue weighted by atomic mass is 16.6. The Morgan fingerprint density at radius 3 is 2.71 bits per heavy atom. The van der Waals surface area contributed by atoms with Crippen LogP contribution in [0, 0.1) is 16.0 Å². The summed E-state index contributed by atoms with van der Waals surface area (Å²) in [6.45, 7) is 0. The highest BCUT2D eigenvalue weighted by molar-refractivity contribution is 5.94. The van der Waals surface area contributed by atoms with Crippen molar-refractivity contribution >= 4 is 17.3 Å². The van der Waals surface area contributed by atoms with E-state index in [1.165, 1.54) is 37.5 Å². The van der Waals surface area contributed by atoms with Crippen LogP contribution in [-0.2, 0) is 4.79 Å². The molecular formula is C15H20N2O4. The Labute approximate surface area is 123 Å². The van der Waals surface area contributed by atoms with Crippen LogP contribution in [0.3, 0.4) is 0 Å². The number of nitro benzene ring substituents is 1. The molecule has 1 fully saturated rings. The van der Waals surface area contributed by atoms with E-state index in [1.54, 1.807) is 0 Å². The summed E-state index contributed by atoms with van der Waals surface area (Å²) in [5, 5.41) is 23.1. The number of hydrogen-bond donors (Lipinski definition) is 2. The number of nitro groups is 1. The Morgan fingerprint density at radius 2 is 2.05 bits per heavy atom. The average molecular weight is 292 g/mol. The maximum Gasteiger partial charge on any atom is 0.296 e. The molecule has 0 aliphatic heterocycles. The van der Waals surface area contributed by atoms with Gasteiger partial charge in [-0.15, -0.1) is 0 Å². The van der Waals surface area contributed by atoms with E-state index in [9.17, 15) is 20.0 Å². The fourth-order valence-electron chi connectivity index (χ4n) is 2.82. The monoisotopic (exact) mass is 292 g/mol. The molecule has 0 unspecified atom stereocenters. The number of anilines is 1. The van der Waals surface area contributed by atoms with E-state index in [0.29, 0.717) is 12.3 Å². The lowest BCUT2D eigenvalue weighted by Crippen LogP contribution is -2.15. The van der Waals surface area contributed by atoms with Crippen LogP contribution in [0.5, 0.6) is 5.75 Å². The second-order valence-electron chi connectivity index (χ2n) is 5.52. The van der Waals surface area contributed by atoms with Crippen LogP contribution in [0.1, 0.15) is 44.9 Å². The summed E-state index contributed by atoms with van der Waals surface area (Å²) in [7, 11) is 0. The highest BCUT2D eigenvalue weighted by Gasteiger charge is 2.20. The molecule has 21 heavy (non-hydrogen) atoms. The zero-order valence-electron chi connectivity index (χ0n) is 11.9. The molecule has 0 aromatic heterocycles. The minimum Gasteiger partial charge on any atom is -0.505 e. The van der Waals surface area contributed by atoms with Crippen LogP contribution in [0.2, 0.25) is 0 Å². The van der Waals surface area contributed by atoms with Gasteiger partial charge in [0.25, 0.3) is 5.69 Å². The summed E-state index contributed by atoms with van der Waals surface area (Å²) in [6.07, 6.45) is 7.15. The lowest BCUT2D eigenvalue weighted by Gasteiger charge is -2.21. The number of nitrogens with one attached hydrogen (secondary N) is 1. The second kappa shape index (κ2) is 7.06. The van der Waals surface area contributed by atoms with Gasteiger partial charge in [0.05, 0.1) is 4.92 Å². The van der Waals surface area contributed by atoms with Gasteiger partial charge in [-0.1, -0.05) is 38.2 Å². The fourth-order valence-corrected chi connectivity index (χ4v) is 2.82. The molecule has 1 amide bonds. The van der Waals surface area contributed by atoms with E-state index < -0.39 is 4.92 Å². The Bertz CT molecular complexity index is 524. The molecule has 0 atom stereocenters. The number of benzene rings is 1. The van der Waals surface area contributed by atoms with Crippen molar-refractivity contribution < 1.29 is 14.8 Å². The van der Waals surface area contributed by atoms with Crippen molar-refractivity contribution in [1.82, 2.24) is 0 Å². The molecule has 114 valence electrons. The molecule has 1 saturated carbocycles. The van der Waals surface area contributed by atoms with Crippen molar-refractivity contribution in [3.05, 3.63) is 28.3 Å². The van der Waals surface area contributed by atoms with E-state index in [2.05, 4.69) is 5.32 Å². The van der Waals surface area contributed by atoms with E-state index in [-0.39, 0.29) is 23.0 Å². The number of aromatic hydroxyl groups is 1. The van der Waals surface area contributed by atoms with Crippen molar-refractivity contribution in [2.24, 2.45) is 5.92 Å². The molecule has 1 aliphatic carbocycles. The predicted molar refractivity (Wildman–Crippen MR) is 79.2 cm³/mol. The van der Waals surface area contributed by atoms with E-state index in [1.807, 2.05) is 0 Å². The first-order valence-electron chi connectivity index (χ1n) is 7.34. The summed E-state index contributed by atoms with van der Waals surface area (Å²) in [4.78, 5) is 22.2. The summed E-state index contributed by atoms with van der Waals surface area (Å²) < 4.78 is 0. The first-order chi connectivity index (χ1) is 10.1. The van der Waals surface area contributed by atoms with Gasteiger partial charge in [-0.25, -0.2) is 0 Å². The number of phenols is 1. The van der Waals surface area contributed by atoms with Gasteiger partial charge >= 0.3 is 0 Å². The van der Waals surface area contributed by atoms with Gasteiger partial charge in [-0.2, -0.15) is 0 Å². The first-order valence-corrected chi connectivity index (χ1v) is 7.34. The molecule has 1 aromatic rings. The topological polar surface area (TPSA) is 92.5 Å². The van der Waals surface area contributed by atoms with Gasteiger partial charge in [0, 0.05) is 12.5 Å². The summed E-state index contributed by atoms with van der Waals surface area (Å²) in [6, 6.07) is 3.96. The number of carbonyl (C=O) groups excluding carboxylic acids is 1. The minimum atomic E-state index is -0.615. The van der Waals surface area contributed by atoms with Gasteiger partial charge in [0.15, 0.2) is 5.69 Å². The first kappa shape index (κ1) is 15.3. The third kappa shape index (κ3) is 4.18. The van der Waals surface area contributed by atoms with Gasteiger partial charge in [-0.3, -0.25) is 14.9 Å². The number of phenolic OH excluding ortho intramolecular Hbond substituents is 1. The molecule has 0 radical (unpaired) electrons. The van der Waals surface area contributed by atoms with Gasteiger partial charge < -0.3 is 10.4 Å². The normalized spacial score (nSPS) is 15.6. The summed E-state index contributed by atoms with van der Waals surface area (Å²) in [5.74, 6) is 0.00393. The smallest absolute Gasteiger partial charge is 0.296 e. The van der Waals surface area contributed by atoms with Crippen molar-refractivity contribution in [1.29, 1.82) is 0 Å². The number of carbonyl (C=O) groups is 1. The molecule has 0 heterocycles. The molecule has 0 bridgehead atoms. The molecule has 1 aromatic carbocycles. The van der Waals surface area contributed by atoms with Crippen LogP contribution in [0.25, 0.3) is 0 Å². The largest absolute Gasteiger partial charge is 0.505 e. The van der Waals surface area contributed by atoms with Crippen LogP contribution < -0.4 is 5.32 Å². The predicted octanol–water partition coefficient (Wildman–Crippen LogP) is 3.60. The zero-order valence-corrected chi connectivity index (χ0v) is 11.9. The van der Waals surface area contributed by atoms with Crippen molar-refractivity contribution in [3.8, 4) is 5.75 Å². The Morgan fingerprint density at radius 1 is 1.33 bits per heavy atom. The number of para-hydroxylation sites is 1. The van der Waals surface area contributed by atoms with Crippen LogP contribution in [-0.4, -0.2) is 15.9 Å². The summed E-state index contributed by atoms with van der Waals surface area (Å²) in [5.41, 5.74) is -0.405. The fraction of sp³-hybridized carbons (Fsp3) is 0.533. The minimum absolute atomic E-state index is 0.115. The maximum atomic E-state index is 11.9. The van der Waals surface area contributed by atoms with Gasteiger partial charge in [0.1, 0.15) is 5.75 Å². The average Bonchev–Trinajstić information content (AvgIpc) is 2.48. The molecule has 2 N–H and O–H groups in total. The number of amides is 1. The van der Waals surface area contributed by atoms with Gasteiger partial charge in [0.2, 0.25) is 5.91 Å². The zero-order chi connectivity index (χ0) is 15.2. The maximum absolute atomic E-state index is 11.9. The lowest BCUT2D eigenvalue weighted by atomic mass is 9.86. The van der Waals surface area contributed by atoms with E-state index in [0.717, 1.165) is 19.3 Å². The van der Waals surface area contributed by atoms with Crippen LogP contribution in [0.15, 0.2) is 18.2 Å². The molecule has 0 spiro atoms. The van der Waals surface area contributed by atoms with E-state index in [4.69, 9.17) is 0 Å². The number of rotatable bonds is 5. The van der Waals surface area contributed by atoms with Gasteiger partial charge in [-0.05, 0) is 18.4 Å². The highest BCUT2D eigenvalue weighted by Crippen LogP contribution is 2.33. The third-order valence-electron chi connectivity index (χ3n) is 3.99. The molecule has 0 saturated heterocycles. The Kier molecular flexibility index (Phi) is 5.14. The Balaban J connectivity index is 1.94. The number of hydrogen-bond acceptors (Lipinski definition) is 4. The molecule has 1 aliphatic rings. The van der Waals surface area contributed by atoms with Crippen molar-refractivity contribution in [2.75, 3.05) is 5.32 Å². The van der Waals surface area contributed by atoms with Crippen molar-refractivity contribution in [2.45, 2.75) is 44.9 Å². The second-order valence-corrected chi connectivity index (χ2v) is 5.52. The molecular weight excluding hydrogens is 272 g/mol. The lowest BCUT2D eigenvalue weighted by molar-refractivity contribution is -0.384. The third-order valence-corrected chi connectivity index (χ3v) is 3.99. The van der Waals surface area contributed by atoms with Crippen LogP contribution in [0.4, 0.5) is 11.4 Å². The SMILES string of the molecule is O=C(CCC1CCCCC1)Nc1c(O)cccc1[N+](=O)[O-]. The molecule has 6 heteroatoms. The Hall–Kier alpha value is -2.11. The van der Waals surface area contributed by atoms with Crippen LogP contribution >= 0.6 is 0 Å². The van der Waals surface area contributed by atoms with E-state index >= 15 is 0 Å². The molecule has 2 rings (SSSR count). The summed E-state index contributed by atoms with van der Waals surface area (Å²) >= 11 is 0. The van der Waals surface area contributed by atoms with Crippen molar-refractivity contribution in [3.63, 3.8) is 0 Å². The number of nitrogens with zero attached hydrogens (tertiary/aromatic N) is 1. The standard InChI is InChI=1S/C15H20N2O4/c18-13-8-4-7-12(17(20)21)15(13)16-14(19)10-9-11-5-2-1-3-6-11/h4,7-8,11,18H,1-3,5-6,9-10H2,(H,16,19). The quantitative estimate of drug-likeness (QED) is 0.492. The molecule has 6 nitrogen and oxygen atoms in total.